The second-order valence-electron chi connectivity index (χ2n) is 4.75. The molecule has 0 aliphatic carbocycles. The zero-order valence-corrected chi connectivity index (χ0v) is 12.9. The number of allylic oxidation sites excluding steroid dienone is 1. The summed E-state index contributed by atoms with van der Waals surface area (Å²) in [5.41, 5.74) is 1.15. The Hall–Kier alpha value is -0.930. The second kappa shape index (κ2) is 8.28. The smallest absolute Gasteiger partial charge is 0.0871 e. The van der Waals surface area contributed by atoms with E-state index in [1.54, 1.807) is 0 Å². The second-order valence-corrected chi connectivity index (χ2v) is 6.23. The third-order valence-corrected chi connectivity index (χ3v) is 4.63. The zero-order valence-electron chi connectivity index (χ0n) is 12.1. The number of aliphatic hydroxyl groups is 1. The Morgan fingerprint density at radius 1 is 1.32 bits per heavy atom. The number of hydrogen-bond donors (Lipinski definition) is 1. The number of unbranched alkanes of at least 4 members (excludes halogenated alkanes) is 2. The van der Waals surface area contributed by atoms with Crippen LogP contribution in [0.5, 0.6) is 0 Å². The van der Waals surface area contributed by atoms with Crippen LogP contribution in [-0.4, -0.2) is 15.4 Å². The molecule has 1 rings (SSSR count). The SMILES string of the molecule is CCCC/C=C(/[C@@H](O)CC)S(=O)c1ccc(C)cc1. The molecule has 0 saturated heterocycles. The van der Waals surface area contributed by atoms with Crippen molar-refractivity contribution in [3.63, 3.8) is 0 Å². The Morgan fingerprint density at radius 3 is 2.47 bits per heavy atom. The van der Waals surface area contributed by atoms with Crippen LogP contribution in [0.3, 0.4) is 0 Å². The van der Waals surface area contributed by atoms with Gasteiger partial charge in [-0.2, -0.15) is 0 Å². The Labute approximate surface area is 119 Å². The number of benzene rings is 1. The summed E-state index contributed by atoms with van der Waals surface area (Å²) in [4.78, 5) is 1.42. The highest BCUT2D eigenvalue weighted by molar-refractivity contribution is 7.89. The van der Waals surface area contributed by atoms with E-state index in [2.05, 4.69) is 6.92 Å². The first kappa shape index (κ1) is 16.1. The summed E-state index contributed by atoms with van der Waals surface area (Å²) in [6.45, 7) is 6.04. The molecule has 1 aromatic rings. The molecule has 0 radical (unpaired) electrons. The molecular weight excluding hydrogens is 256 g/mol. The van der Waals surface area contributed by atoms with Gasteiger partial charge in [0.15, 0.2) is 0 Å². The summed E-state index contributed by atoms with van der Waals surface area (Å²) >= 11 is 0. The molecule has 0 aliphatic heterocycles. The first-order chi connectivity index (χ1) is 9.10. The number of aliphatic hydroxyl groups excluding tert-OH is 1. The molecule has 2 nitrogen and oxygen atoms in total. The maximum absolute atomic E-state index is 12.5. The van der Waals surface area contributed by atoms with Crippen molar-refractivity contribution >= 4 is 10.8 Å². The molecule has 106 valence electrons. The lowest BCUT2D eigenvalue weighted by atomic mass is 10.2. The van der Waals surface area contributed by atoms with Crippen LogP contribution in [0.2, 0.25) is 0 Å². The van der Waals surface area contributed by atoms with Gasteiger partial charge in [-0.3, -0.25) is 0 Å². The lowest BCUT2D eigenvalue weighted by Gasteiger charge is -2.13. The van der Waals surface area contributed by atoms with Gasteiger partial charge >= 0.3 is 0 Å². The summed E-state index contributed by atoms with van der Waals surface area (Å²) in [7, 11) is -1.25. The number of aryl methyl sites for hydroxylation is 1. The minimum Gasteiger partial charge on any atom is -0.388 e. The van der Waals surface area contributed by atoms with Crippen LogP contribution in [-0.2, 0) is 10.8 Å². The van der Waals surface area contributed by atoms with E-state index in [0.29, 0.717) is 11.3 Å². The average Bonchev–Trinajstić information content (AvgIpc) is 2.43. The van der Waals surface area contributed by atoms with Gasteiger partial charge in [-0.05, 0) is 31.9 Å². The lowest BCUT2D eigenvalue weighted by molar-refractivity contribution is 0.214. The lowest BCUT2D eigenvalue weighted by Crippen LogP contribution is -2.13. The van der Waals surface area contributed by atoms with E-state index in [4.69, 9.17) is 0 Å². The molecule has 0 amide bonds. The quantitative estimate of drug-likeness (QED) is 0.768. The monoisotopic (exact) mass is 280 g/mol. The van der Waals surface area contributed by atoms with E-state index in [1.165, 1.54) is 0 Å². The van der Waals surface area contributed by atoms with E-state index in [0.717, 1.165) is 29.7 Å². The third kappa shape index (κ3) is 4.92. The van der Waals surface area contributed by atoms with Gasteiger partial charge in [-0.25, -0.2) is 4.21 Å². The maximum Gasteiger partial charge on any atom is 0.0871 e. The highest BCUT2D eigenvalue weighted by Gasteiger charge is 2.17. The predicted octanol–water partition coefficient (Wildman–Crippen LogP) is 3.95. The van der Waals surface area contributed by atoms with Crippen molar-refractivity contribution in [2.45, 2.75) is 57.5 Å². The van der Waals surface area contributed by atoms with Gasteiger partial charge in [0.25, 0.3) is 0 Å². The minimum atomic E-state index is -1.25. The Kier molecular flexibility index (Phi) is 7.03. The van der Waals surface area contributed by atoms with Gasteiger partial charge in [0.2, 0.25) is 0 Å². The normalized spacial score (nSPS) is 15.3. The van der Waals surface area contributed by atoms with Crippen molar-refractivity contribution in [2.75, 3.05) is 0 Å². The fourth-order valence-electron chi connectivity index (χ4n) is 1.78. The van der Waals surface area contributed by atoms with Crippen molar-refractivity contribution < 1.29 is 9.32 Å². The minimum absolute atomic E-state index is 0.593. The summed E-state index contributed by atoms with van der Waals surface area (Å²) in [6, 6.07) is 7.66. The fraction of sp³-hybridized carbons (Fsp3) is 0.500. The summed E-state index contributed by atoms with van der Waals surface area (Å²) in [5.74, 6) is 0. The topological polar surface area (TPSA) is 37.3 Å². The predicted molar refractivity (Wildman–Crippen MR) is 81.5 cm³/mol. The highest BCUT2D eigenvalue weighted by Crippen LogP contribution is 2.21. The molecule has 0 aliphatic rings. The Bertz CT molecular complexity index is 435. The van der Waals surface area contributed by atoms with Crippen LogP contribution in [0.15, 0.2) is 40.1 Å². The standard InChI is InChI=1S/C16H24O2S/c1-4-6-7-8-16(15(17)5-2)19(18)14-11-9-13(3)10-12-14/h8-12,15,17H,4-7H2,1-3H3/b16-8-/t15-,19?/m0/s1. The number of hydrogen-bond acceptors (Lipinski definition) is 2. The van der Waals surface area contributed by atoms with Crippen LogP contribution in [0.1, 0.15) is 45.1 Å². The van der Waals surface area contributed by atoms with Gasteiger partial charge in [-0.15, -0.1) is 0 Å². The van der Waals surface area contributed by atoms with Gasteiger partial charge < -0.3 is 5.11 Å². The molecule has 0 saturated carbocycles. The van der Waals surface area contributed by atoms with Crippen molar-refractivity contribution in [3.8, 4) is 0 Å². The van der Waals surface area contributed by atoms with Crippen LogP contribution in [0.4, 0.5) is 0 Å². The van der Waals surface area contributed by atoms with Crippen molar-refractivity contribution in [2.24, 2.45) is 0 Å². The van der Waals surface area contributed by atoms with E-state index < -0.39 is 16.9 Å². The maximum atomic E-state index is 12.5. The fourth-order valence-corrected chi connectivity index (χ4v) is 3.12. The molecule has 1 unspecified atom stereocenters. The van der Waals surface area contributed by atoms with Crippen LogP contribution in [0.25, 0.3) is 0 Å². The molecule has 0 aromatic heterocycles. The molecule has 1 N–H and O–H groups in total. The number of rotatable bonds is 7. The highest BCUT2D eigenvalue weighted by atomic mass is 32.2. The molecule has 2 atom stereocenters. The average molecular weight is 280 g/mol. The van der Waals surface area contributed by atoms with Gasteiger partial charge in [-0.1, -0.05) is 50.5 Å². The van der Waals surface area contributed by atoms with Crippen molar-refractivity contribution in [1.82, 2.24) is 0 Å². The molecule has 3 heteroatoms. The molecular formula is C16H24O2S. The summed E-state index contributed by atoms with van der Waals surface area (Å²) in [5, 5.41) is 10.0. The first-order valence-electron chi connectivity index (χ1n) is 6.96. The van der Waals surface area contributed by atoms with Crippen LogP contribution >= 0.6 is 0 Å². The summed E-state index contributed by atoms with van der Waals surface area (Å²) in [6.07, 6.45) is 4.97. The molecule has 19 heavy (non-hydrogen) atoms. The molecule has 0 fully saturated rings. The van der Waals surface area contributed by atoms with Gasteiger partial charge in [0.05, 0.1) is 16.9 Å². The van der Waals surface area contributed by atoms with Crippen LogP contribution in [0, 0.1) is 6.92 Å². The molecule has 0 bridgehead atoms. The Morgan fingerprint density at radius 2 is 1.95 bits per heavy atom. The van der Waals surface area contributed by atoms with Crippen molar-refractivity contribution in [1.29, 1.82) is 0 Å². The van der Waals surface area contributed by atoms with E-state index in [9.17, 15) is 9.32 Å². The van der Waals surface area contributed by atoms with E-state index in [1.807, 2.05) is 44.2 Å². The first-order valence-corrected chi connectivity index (χ1v) is 8.11. The molecule has 0 spiro atoms. The van der Waals surface area contributed by atoms with E-state index >= 15 is 0 Å². The van der Waals surface area contributed by atoms with Gasteiger partial charge in [0.1, 0.15) is 0 Å². The Balaban J connectivity index is 2.93. The molecule has 1 aromatic carbocycles. The largest absolute Gasteiger partial charge is 0.388 e. The van der Waals surface area contributed by atoms with Crippen molar-refractivity contribution in [3.05, 3.63) is 40.8 Å². The van der Waals surface area contributed by atoms with E-state index in [-0.39, 0.29) is 0 Å². The zero-order chi connectivity index (χ0) is 14.3. The third-order valence-electron chi connectivity index (χ3n) is 3.07. The summed E-state index contributed by atoms with van der Waals surface area (Å²) < 4.78 is 12.5. The molecule has 0 heterocycles. The van der Waals surface area contributed by atoms with Crippen LogP contribution < -0.4 is 0 Å². The van der Waals surface area contributed by atoms with Gasteiger partial charge in [0, 0.05) is 9.80 Å².